The number of hydrogen-bond donors (Lipinski definition) is 1. The number of nitrogens with one attached hydrogen (secondary N) is 1. The lowest BCUT2D eigenvalue weighted by Crippen LogP contribution is -2.28. The second-order valence-corrected chi connectivity index (χ2v) is 5.37. The van der Waals surface area contributed by atoms with Crippen LogP contribution in [0.2, 0.25) is 0 Å². The molecule has 0 saturated carbocycles. The second-order valence-electron chi connectivity index (χ2n) is 5.37. The first-order chi connectivity index (χ1) is 12.2. The molecule has 3 rings (SSSR count). The van der Waals surface area contributed by atoms with E-state index in [4.69, 9.17) is 9.15 Å². The van der Waals surface area contributed by atoms with Gasteiger partial charge in [0.25, 0.3) is 5.91 Å². The van der Waals surface area contributed by atoms with Crippen molar-refractivity contribution in [2.24, 2.45) is 0 Å². The van der Waals surface area contributed by atoms with Crippen molar-refractivity contribution in [3.8, 4) is 11.1 Å². The van der Waals surface area contributed by atoms with Gasteiger partial charge in [-0.15, -0.1) is 0 Å². The monoisotopic (exact) mass is 335 g/mol. The maximum absolute atomic E-state index is 12.2. The summed E-state index contributed by atoms with van der Waals surface area (Å²) in [5, 5.41) is 2.70. The first-order valence-corrected chi connectivity index (χ1v) is 7.84. The van der Waals surface area contributed by atoms with E-state index in [0.717, 1.165) is 11.1 Å². The lowest BCUT2D eigenvalue weighted by Gasteiger charge is -2.07. The van der Waals surface area contributed by atoms with E-state index in [1.54, 1.807) is 6.07 Å². The van der Waals surface area contributed by atoms with Gasteiger partial charge in [0, 0.05) is 12.1 Å². The van der Waals surface area contributed by atoms with Crippen LogP contribution in [0.3, 0.4) is 0 Å². The fourth-order valence-corrected chi connectivity index (χ4v) is 2.36. The lowest BCUT2D eigenvalue weighted by molar-refractivity contribution is -0.124. The smallest absolute Gasteiger partial charge is 0.375 e. The third-order valence-corrected chi connectivity index (χ3v) is 3.60. The zero-order chi connectivity index (χ0) is 17.5. The van der Waals surface area contributed by atoms with Gasteiger partial charge >= 0.3 is 5.97 Å². The quantitative estimate of drug-likeness (QED) is 0.701. The number of furan rings is 1. The molecule has 1 aromatic heterocycles. The van der Waals surface area contributed by atoms with Gasteiger partial charge in [-0.2, -0.15) is 0 Å². The van der Waals surface area contributed by atoms with E-state index < -0.39 is 5.97 Å². The molecule has 1 amide bonds. The Bertz CT molecular complexity index is 840. The molecule has 0 radical (unpaired) electrons. The number of rotatable bonds is 6. The zero-order valence-electron chi connectivity index (χ0n) is 13.5. The number of esters is 1. The van der Waals surface area contributed by atoms with E-state index in [0.29, 0.717) is 12.1 Å². The molecule has 25 heavy (non-hydrogen) atoms. The summed E-state index contributed by atoms with van der Waals surface area (Å²) in [7, 11) is 0. The van der Waals surface area contributed by atoms with Gasteiger partial charge in [0.05, 0.1) is 6.26 Å². The van der Waals surface area contributed by atoms with Crippen LogP contribution >= 0.6 is 0 Å². The summed E-state index contributed by atoms with van der Waals surface area (Å²) in [5.74, 6) is -0.953. The van der Waals surface area contributed by atoms with Crippen LogP contribution in [0.5, 0.6) is 0 Å². The topological polar surface area (TPSA) is 68.5 Å². The maximum atomic E-state index is 12.2. The summed E-state index contributed by atoms with van der Waals surface area (Å²) in [4.78, 5) is 24.0. The van der Waals surface area contributed by atoms with E-state index >= 15 is 0 Å². The lowest BCUT2D eigenvalue weighted by atomic mass is 10.1. The Hall–Kier alpha value is -3.34. The van der Waals surface area contributed by atoms with Crippen molar-refractivity contribution in [1.29, 1.82) is 0 Å². The van der Waals surface area contributed by atoms with E-state index in [9.17, 15) is 9.59 Å². The van der Waals surface area contributed by atoms with Crippen molar-refractivity contribution < 1.29 is 18.7 Å². The molecule has 126 valence electrons. The third-order valence-electron chi connectivity index (χ3n) is 3.60. The van der Waals surface area contributed by atoms with Crippen molar-refractivity contribution in [1.82, 2.24) is 5.32 Å². The molecule has 0 unspecified atom stereocenters. The summed E-state index contributed by atoms with van der Waals surface area (Å²) >= 11 is 0. The van der Waals surface area contributed by atoms with Crippen molar-refractivity contribution in [3.63, 3.8) is 0 Å². The predicted molar refractivity (Wildman–Crippen MR) is 92.7 cm³/mol. The molecule has 0 fully saturated rings. The van der Waals surface area contributed by atoms with Crippen molar-refractivity contribution in [2.75, 3.05) is 6.61 Å². The first kappa shape index (κ1) is 16.5. The highest BCUT2D eigenvalue weighted by Gasteiger charge is 2.19. The van der Waals surface area contributed by atoms with Crippen LogP contribution in [0, 0.1) is 0 Å². The largest absolute Gasteiger partial charge is 0.457 e. The number of ether oxygens (including phenoxy) is 1. The highest BCUT2D eigenvalue weighted by Crippen LogP contribution is 2.25. The number of benzene rings is 2. The molecule has 0 atom stereocenters. The normalized spacial score (nSPS) is 10.2. The van der Waals surface area contributed by atoms with Crippen LogP contribution < -0.4 is 5.32 Å². The molecule has 0 spiro atoms. The molecule has 0 aliphatic carbocycles. The fraction of sp³-hybridized carbons (Fsp3) is 0.100. The molecule has 3 aromatic rings. The molecule has 5 heteroatoms. The average molecular weight is 335 g/mol. The molecule has 5 nitrogen and oxygen atoms in total. The highest BCUT2D eigenvalue weighted by molar-refractivity contribution is 5.95. The minimum Gasteiger partial charge on any atom is -0.457 e. The summed E-state index contributed by atoms with van der Waals surface area (Å²) < 4.78 is 10.3. The predicted octanol–water partition coefficient (Wildman–Crippen LogP) is 3.42. The molecule has 2 aromatic carbocycles. The van der Waals surface area contributed by atoms with Crippen LogP contribution in [0.25, 0.3) is 11.1 Å². The van der Waals surface area contributed by atoms with E-state index in [-0.39, 0.29) is 18.3 Å². The Morgan fingerprint density at radius 3 is 2.32 bits per heavy atom. The van der Waals surface area contributed by atoms with Gasteiger partial charge in [0.2, 0.25) is 5.76 Å². The fourth-order valence-electron chi connectivity index (χ4n) is 2.36. The van der Waals surface area contributed by atoms with Gasteiger partial charge < -0.3 is 14.5 Å². The minimum absolute atomic E-state index is 0.0852. The molecule has 1 heterocycles. The van der Waals surface area contributed by atoms with E-state index in [1.807, 2.05) is 60.7 Å². The molecular formula is C20H17NO4. The number of carbonyl (C=O) groups is 2. The van der Waals surface area contributed by atoms with Crippen LogP contribution in [0.1, 0.15) is 16.1 Å². The summed E-state index contributed by atoms with van der Waals surface area (Å²) in [6, 6.07) is 20.6. The summed E-state index contributed by atoms with van der Waals surface area (Å²) in [6.45, 7) is 0.0217. The highest BCUT2D eigenvalue weighted by atomic mass is 16.5. The van der Waals surface area contributed by atoms with Gasteiger partial charge in [-0.1, -0.05) is 60.7 Å². The van der Waals surface area contributed by atoms with Crippen molar-refractivity contribution in [2.45, 2.75) is 6.54 Å². The van der Waals surface area contributed by atoms with E-state index in [2.05, 4.69) is 5.32 Å². The Balaban J connectivity index is 1.55. The minimum atomic E-state index is -0.668. The van der Waals surface area contributed by atoms with Crippen LogP contribution in [-0.4, -0.2) is 18.5 Å². The molecular weight excluding hydrogens is 318 g/mol. The maximum Gasteiger partial charge on any atom is 0.375 e. The second kappa shape index (κ2) is 7.97. The Morgan fingerprint density at radius 2 is 1.60 bits per heavy atom. The van der Waals surface area contributed by atoms with Gasteiger partial charge in [-0.25, -0.2) is 4.79 Å². The third kappa shape index (κ3) is 4.35. The summed E-state index contributed by atoms with van der Waals surface area (Å²) in [6.07, 6.45) is 1.43. The van der Waals surface area contributed by atoms with Gasteiger partial charge in [-0.3, -0.25) is 4.79 Å². The molecule has 0 saturated heterocycles. The number of carbonyl (C=O) groups excluding carboxylic acids is 2. The van der Waals surface area contributed by atoms with Gasteiger partial charge in [-0.05, 0) is 17.2 Å². The first-order valence-electron chi connectivity index (χ1n) is 7.84. The standard InChI is InChI=1S/C20H17NO4/c22-18(21-13-15-7-3-1-4-8-15)14-25-20(23)19-17(11-12-24-19)16-9-5-2-6-10-16/h1-12H,13-14H2,(H,21,22). The molecule has 1 N–H and O–H groups in total. The Kier molecular flexibility index (Phi) is 5.26. The molecule has 0 bridgehead atoms. The zero-order valence-corrected chi connectivity index (χ0v) is 13.5. The molecule has 0 aliphatic heterocycles. The molecule has 0 aliphatic rings. The van der Waals surface area contributed by atoms with E-state index in [1.165, 1.54) is 6.26 Å². The SMILES string of the molecule is O=C(COC(=O)c1occc1-c1ccccc1)NCc1ccccc1. The van der Waals surface area contributed by atoms with Crippen LogP contribution in [0.15, 0.2) is 77.4 Å². The van der Waals surface area contributed by atoms with Crippen LogP contribution in [-0.2, 0) is 16.1 Å². The van der Waals surface area contributed by atoms with Crippen LogP contribution in [0.4, 0.5) is 0 Å². The Labute approximate surface area is 145 Å². The summed E-state index contributed by atoms with van der Waals surface area (Å²) in [5.41, 5.74) is 2.45. The average Bonchev–Trinajstić information content (AvgIpc) is 3.16. The van der Waals surface area contributed by atoms with Crippen molar-refractivity contribution in [3.05, 3.63) is 84.3 Å². The van der Waals surface area contributed by atoms with Gasteiger partial charge in [0.1, 0.15) is 0 Å². The number of hydrogen-bond acceptors (Lipinski definition) is 4. The van der Waals surface area contributed by atoms with Crippen molar-refractivity contribution >= 4 is 11.9 Å². The number of amides is 1. The Morgan fingerprint density at radius 1 is 0.920 bits per heavy atom. The van der Waals surface area contributed by atoms with Gasteiger partial charge in [0.15, 0.2) is 6.61 Å².